The second kappa shape index (κ2) is 2.74. The van der Waals surface area contributed by atoms with E-state index in [9.17, 15) is 4.79 Å². The number of hydrogen-bond acceptors (Lipinski definition) is 1. The molecule has 0 amide bonds. The molecule has 0 aliphatic rings. The van der Waals surface area contributed by atoms with Crippen LogP contribution in [0.15, 0.2) is 25.9 Å². The molecule has 2 rings (SSSR count). The lowest BCUT2D eigenvalue weighted by Crippen LogP contribution is -1.99. The van der Waals surface area contributed by atoms with Crippen molar-refractivity contribution in [1.82, 2.24) is 9.97 Å². The third kappa shape index (κ3) is 1.13. The van der Waals surface area contributed by atoms with Gasteiger partial charge in [0.2, 0.25) is 0 Å². The third-order valence-electron chi connectivity index (χ3n) is 1.58. The lowest BCUT2D eigenvalue weighted by molar-refractivity contribution is 1.21. The van der Waals surface area contributed by atoms with Crippen molar-refractivity contribution >= 4 is 42.9 Å². The molecule has 0 aliphatic heterocycles. The topological polar surface area (TPSA) is 48.6 Å². The van der Waals surface area contributed by atoms with Gasteiger partial charge in [-0.1, -0.05) is 0 Å². The molecule has 0 aliphatic carbocycles. The number of rotatable bonds is 0. The van der Waals surface area contributed by atoms with Crippen molar-refractivity contribution in [1.29, 1.82) is 0 Å². The molecule has 62 valence electrons. The van der Waals surface area contributed by atoms with E-state index in [0.29, 0.717) is 0 Å². The van der Waals surface area contributed by atoms with Gasteiger partial charge in [0, 0.05) is 4.47 Å². The van der Waals surface area contributed by atoms with E-state index in [1.807, 2.05) is 12.1 Å². The van der Waals surface area contributed by atoms with E-state index in [1.165, 1.54) is 0 Å². The molecule has 0 unspecified atom stereocenters. The van der Waals surface area contributed by atoms with E-state index in [0.717, 1.165) is 20.0 Å². The van der Waals surface area contributed by atoms with Crippen molar-refractivity contribution < 1.29 is 0 Å². The molecule has 1 heterocycles. The van der Waals surface area contributed by atoms with Gasteiger partial charge in [0.1, 0.15) is 0 Å². The summed E-state index contributed by atoms with van der Waals surface area (Å²) < 4.78 is 1.78. The lowest BCUT2D eigenvalue weighted by atomic mass is 10.3. The minimum atomic E-state index is -0.191. The van der Waals surface area contributed by atoms with Gasteiger partial charge in [-0.05, 0) is 44.0 Å². The molecule has 12 heavy (non-hydrogen) atoms. The molecule has 0 spiro atoms. The van der Waals surface area contributed by atoms with Gasteiger partial charge in [0.15, 0.2) is 0 Å². The molecule has 2 aromatic rings. The summed E-state index contributed by atoms with van der Waals surface area (Å²) in [5.74, 6) is 0. The van der Waals surface area contributed by atoms with Crippen LogP contribution in [0.3, 0.4) is 0 Å². The molecular weight excluding hydrogens is 288 g/mol. The summed E-state index contributed by atoms with van der Waals surface area (Å²) in [5, 5.41) is 0. The summed E-state index contributed by atoms with van der Waals surface area (Å²) in [5.41, 5.74) is 1.40. The first-order valence-electron chi connectivity index (χ1n) is 3.24. The van der Waals surface area contributed by atoms with Crippen molar-refractivity contribution in [3.05, 3.63) is 31.6 Å². The summed E-state index contributed by atoms with van der Waals surface area (Å²) in [7, 11) is 0. The smallest absolute Gasteiger partial charge is 0.306 e. The van der Waals surface area contributed by atoms with Crippen LogP contribution in [0.4, 0.5) is 0 Å². The molecular formula is C7H4Br2N2O. The zero-order valence-corrected chi connectivity index (χ0v) is 8.99. The van der Waals surface area contributed by atoms with Crippen LogP contribution in [-0.2, 0) is 0 Å². The fraction of sp³-hybridized carbons (Fsp3) is 0. The van der Waals surface area contributed by atoms with Gasteiger partial charge in [0.25, 0.3) is 0 Å². The number of benzene rings is 1. The van der Waals surface area contributed by atoms with Crippen molar-refractivity contribution in [2.24, 2.45) is 0 Å². The highest BCUT2D eigenvalue weighted by atomic mass is 79.9. The average Bonchev–Trinajstić information content (AvgIpc) is 2.39. The molecule has 5 heteroatoms. The summed E-state index contributed by atoms with van der Waals surface area (Å²) in [4.78, 5) is 16.2. The minimum absolute atomic E-state index is 0.191. The molecule has 0 bridgehead atoms. The maximum absolute atomic E-state index is 10.9. The Labute approximate surface area is 84.4 Å². The lowest BCUT2D eigenvalue weighted by Gasteiger charge is -1.95. The summed E-state index contributed by atoms with van der Waals surface area (Å²) in [6, 6.07) is 3.71. The van der Waals surface area contributed by atoms with Crippen LogP contribution in [0.5, 0.6) is 0 Å². The Morgan fingerprint density at radius 2 is 1.92 bits per heavy atom. The van der Waals surface area contributed by atoms with Gasteiger partial charge in [-0.25, -0.2) is 4.79 Å². The maximum Gasteiger partial charge on any atom is 0.323 e. The van der Waals surface area contributed by atoms with E-state index < -0.39 is 0 Å². The van der Waals surface area contributed by atoms with E-state index in [1.54, 1.807) is 0 Å². The van der Waals surface area contributed by atoms with E-state index >= 15 is 0 Å². The predicted molar refractivity (Wildman–Crippen MR) is 54.3 cm³/mol. The third-order valence-corrected chi connectivity index (χ3v) is 3.60. The van der Waals surface area contributed by atoms with Crippen molar-refractivity contribution in [2.75, 3.05) is 0 Å². The zero-order chi connectivity index (χ0) is 8.72. The Hall–Kier alpha value is -0.550. The number of nitrogens with one attached hydrogen (secondary N) is 2. The molecule has 0 saturated carbocycles. The number of halogens is 2. The van der Waals surface area contributed by atoms with E-state index in [2.05, 4.69) is 41.8 Å². The van der Waals surface area contributed by atoms with Crippen LogP contribution in [0.1, 0.15) is 0 Å². The van der Waals surface area contributed by atoms with Gasteiger partial charge in [-0.15, -0.1) is 0 Å². The predicted octanol–water partition coefficient (Wildman–Crippen LogP) is 2.38. The molecule has 1 aromatic carbocycles. The normalized spacial score (nSPS) is 10.8. The summed E-state index contributed by atoms with van der Waals surface area (Å²) in [6.45, 7) is 0. The first kappa shape index (κ1) is 8.07. The fourth-order valence-corrected chi connectivity index (χ4v) is 1.82. The molecule has 0 fully saturated rings. The standard InChI is InChI=1S/C7H4Br2N2O/c8-3-1-2-4-6(5(3)9)11-7(12)10-4/h1-2H,(H2,10,11,12). The highest BCUT2D eigenvalue weighted by molar-refractivity contribution is 9.13. The first-order valence-corrected chi connectivity index (χ1v) is 4.83. The van der Waals surface area contributed by atoms with Gasteiger partial charge in [-0.2, -0.15) is 0 Å². The van der Waals surface area contributed by atoms with Crippen LogP contribution in [0.2, 0.25) is 0 Å². The Bertz CT molecular complexity index is 486. The first-order chi connectivity index (χ1) is 5.68. The van der Waals surface area contributed by atoms with Gasteiger partial charge >= 0.3 is 5.69 Å². The Morgan fingerprint density at radius 1 is 1.17 bits per heavy atom. The number of hydrogen-bond donors (Lipinski definition) is 2. The van der Waals surface area contributed by atoms with Crippen molar-refractivity contribution in [3.8, 4) is 0 Å². The largest absolute Gasteiger partial charge is 0.323 e. The zero-order valence-electron chi connectivity index (χ0n) is 5.82. The Kier molecular flexibility index (Phi) is 1.84. The molecule has 0 atom stereocenters. The molecule has 0 radical (unpaired) electrons. The SMILES string of the molecule is O=c1[nH]c2ccc(Br)c(Br)c2[nH]1. The van der Waals surface area contributed by atoms with Crippen molar-refractivity contribution in [3.63, 3.8) is 0 Å². The quantitative estimate of drug-likeness (QED) is 0.769. The van der Waals surface area contributed by atoms with Gasteiger partial charge < -0.3 is 9.97 Å². The molecule has 3 nitrogen and oxygen atoms in total. The fourth-order valence-electron chi connectivity index (χ4n) is 1.04. The second-order valence-electron chi connectivity index (χ2n) is 2.36. The van der Waals surface area contributed by atoms with Crippen molar-refractivity contribution in [2.45, 2.75) is 0 Å². The van der Waals surface area contributed by atoms with Gasteiger partial charge in [0.05, 0.1) is 15.5 Å². The molecule has 1 aromatic heterocycles. The van der Waals surface area contributed by atoms with Crippen LogP contribution in [-0.4, -0.2) is 9.97 Å². The molecule has 0 saturated heterocycles. The number of fused-ring (bicyclic) bond motifs is 1. The van der Waals surface area contributed by atoms with Gasteiger partial charge in [-0.3, -0.25) is 0 Å². The monoisotopic (exact) mass is 290 g/mol. The van der Waals surface area contributed by atoms with Crippen LogP contribution >= 0.6 is 31.9 Å². The number of H-pyrrole nitrogens is 2. The number of aromatic amines is 2. The Balaban J connectivity index is 2.99. The highest BCUT2D eigenvalue weighted by Crippen LogP contribution is 2.28. The average molecular weight is 292 g/mol. The Morgan fingerprint density at radius 3 is 2.67 bits per heavy atom. The molecule has 2 N–H and O–H groups in total. The van der Waals surface area contributed by atoms with E-state index in [-0.39, 0.29) is 5.69 Å². The summed E-state index contributed by atoms with van der Waals surface area (Å²) in [6.07, 6.45) is 0. The second-order valence-corrected chi connectivity index (χ2v) is 4.01. The van der Waals surface area contributed by atoms with Crippen LogP contribution < -0.4 is 5.69 Å². The maximum atomic E-state index is 10.9. The number of aromatic nitrogens is 2. The van der Waals surface area contributed by atoms with Crippen LogP contribution in [0, 0.1) is 0 Å². The summed E-state index contributed by atoms with van der Waals surface area (Å²) >= 11 is 6.70. The minimum Gasteiger partial charge on any atom is -0.306 e. The number of imidazole rings is 1. The highest BCUT2D eigenvalue weighted by Gasteiger charge is 2.04. The van der Waals surface area contributed by atoms with Crippen LogP contribution in [0.25, 0.3) is 11.0 Å². The van der Waals surface area contributed by atoms with E-state index in [4.69, 9.17) is 0 Å².